The minimum absolute atomic E-state index is 0.185. The molecule has 2 amide bonds. The van der Waals surface area contributed by atoms with E-state index in [4.69, 9.17) is 5.26 Å². The van der Waals surface area contributed by atoms with Gasteiger partial charge in [0.05, 0.1) is 18.2 Å². The highest BCUT2D eigenvalue weighted by Crippen LogP contribution is 2.26. The number of hydrazine groups is 1. The molecule has 1 aliphatic heterocycles. The van der Waals surface area contributed by atoms with Gasteiger partial charge in [-0.1, -0.05) is 18.2 Å². The van der Waals surface area contributed by atoms with Crippen LogP contribution in [0.1, 0.15) is 27.9 Å². The van der Waals surface area contributed by atoms with Crippen LogP contribution in [0.2, 0.25) is 0 Å². The van der Waals surface area contributed by atoms with Gasteiger partial charge in [0.2, 0.25) is 0 Å². The third kappa shape index (κ3) is 3.96. The Morgan fingerprint density at radius 3 is 2.60 bits per heavy atom. The fraction of sp³-hybridized carbons (Fsp3) is 0.211. The Bertz CT molecular complexity index is 824. The second kappa shape index (κ2) is 7.49. The van der Waals surface area contributed by atoms with Crippen LogP contribution < -0.4 is 15.8 Å². The summed E-state index contributed by atoms with van der Waals surface area (Å²) in [6.07, 6.45) is 2.02. The van der Waals surface area contributed by atoms with Crippen LogP contribution in [-0.2, 0) is 11.2 Å². The smallest absolute Gasteiger partial charge is 0.269 e. The standard InChI is InChI=1S/C19H18N4O2/c20-12-14-7-9-16(10-8-14)19(25)22-21-18(24)13-23-11-3-5-15-4-1-2-6-17(15)23/h1-2,4,6-10H,3,5,11,13H2,(H,21,24)(H,22,25). The van der Waals surface area contributed by atoms with Crippen molar-refractivity contribution in [3.05, 3.63) is 65.2 Å². The molecule has 1 aliphatic rings. The Kier molecular flexibility index (Phi) is 4.95. The van der Waals surface area contributed by atoms with E-state index >= 15 is 0 Å². The highest BCUT2D eigenvalue weighted by atomic mass is 16.2. The molecule has 3 rings (SSSR count). The quantitative estimate of drug-likeness (QED) is 0.838. The fourth-order valence-electron chi connectivity index (χ4n) is 2.88. The molecule has 2 aromatic rings. The van der Waals surface area contributed by atoms with Gasteiger partial charge in [0.15, 0.2) is 0 Å². The molecule has 25 heavy (non-hydrogen) atoms. The molecule has 0 unspecified atom stereocenters. The van der Waals surface area contributed by atoms with Gasteiger partial charge in [0.1, 0.15) is 0 Å². The molecular weight excluding hydrogens is 316 g/mol. The lowest BCUT2D eigenvalue weighted by atomic mass is 10.0. The van der Waals surface area contributed by atoms with Crippen molar-refractivity contribution in [2.45, 2.75) is 12.8 Å². The molecule has 0 fully saturated rings. The van der Waals surface area contributed by atoms with Crippen molar-refractivity contribution in [3.63, 3.8) is 0 Å². The molecule has 0 saturated carbocycles. The average molecular weight is 334 g/mol. The summed E-state index contributed by atoms with van der Waals surface area (Å²) in [5.41, 5.74) is 8.01. The van der Waals surface area contributed by atoms with Gasteiger partial charge in [-0.05, 0) is 48.7 Å². The van der Waals surface area contributed by atoms with Gasteiger partial charge in [-0.3, -0.25) is 20.4 Å². The second-order valence-corrected chi connectivity index (χ2v) is 5.85. The number of nitrogens with zero attached hydrogens (tertiary/aromatic N) is 2. The summed E-state index contributed by atoms with van der Waals surface area (Å²) >= 11 is 0. The number of benzene rings is 2. The summed E-state index contributed by atoms with van der Waals surface area (Å²) in [6, 6.07) is 16.2. The maximum absolute atomic E-state index is 12.1. The number of amides is 2. The van der Waals surface area contributed by atoms with Gasteiger partial charge in [-0.25, -0.2) is 0 Å². The zero-order valence-electron chi connectivity index (χ0n) is 13.7. The lowest BCUT2D eigenvalue weighted by Gasteiger charge is -2.30. The van der Waals surface area contributed by atoms with Crippen LogP contribution in [0.5, 0.6) is 0 Å². The number of hydrogen-bond donors (Lipinski definition) is 2. The van der Waals surface area contributed by atoms with E-state index in [1.807, 2.05) is 29.2 Å². The number of nitriles is 1. The van der Waals surface area contributed by atoms with Crippen LogP contribution in [0.3, 0.4) is 0 Å². The average Bonchev–Trinajstić information content (AvgIpc) is 2.66. The van der Waals surface area contributed by atoms with Crippen LogP contribution in [0.4, 0.5) is 5.69 Å². The number of nitrogens with one attached hydrogen (secondary N) is 2. The predicted molar refractivity (Wildman–Crippen MR) is 93.7 cm³/mol. The van der Waals surface area contributed by atoms with E-state index in [9.17, 15) is 9.59 Å². The van der Waals surface area contributed by atoms with Gasteiger partial charge in [0.25, 0.3) is 11.8 Å². The van der Waals surface area contributed by atoms with Gasteiger partial charge in [-0.2, -0.15) is 5.26 Å². The first-order chi connectivity index (χ1) is 12.2. The van der Waals surface area contributed by atoms with E-state index in [1.165, 1.54) is 5.56 Å². The van der Waals surface area contributed by atoms with Crippen molar-refractivity contribution in [2.75, 3.05) is 18.0 Å². The Labute approximate surface area is 146 Å². The predicted octanol–water partition coefficient (Wildman–Crippen LogP) is 1.77. The number of anilines is 1. The highest BCUT2D eigenvalue weighted by Gasteiger charge is 2.18. The van der Waals surface area contributed by atoms with Crippen LogP contribution in [0.15, 0.2) is 48.5 Å². The molecule has 2 N–H and O–H groups in total. The molecule has 0 saturated heterocycles. The number of hydrogen-bond acceptors (Lipinski definition) is 4. The Hall–Kier alpha value is -3.33. The van der Waals surface area contributed by atoms with Gasteiger partial charge >= 0.3 is 0 Å². The van der Waals surface area contributed by atoms with E-state index in [0.29, 0.717) is 11.1 Å². The summed E-state index contributed by atoms with van der Waals surface area (Å²) in [5.74, 6) is -0.699. The Morgan fingerprint density at radius 1 is 1.08 bits per heavy atom. The molecule has 6 heteroatoms. The topological polar surface area (TPSA) is 85.2 Å². The summed E-state index contributed by atoms with van der Waals surface area (Å²) in [6.45, 7) is 0.999. The number of aryl methyl sites for hydroxylation is 1. The molecule has 0 spiro atoms. The normalized spacial score (nSPS) is 12.7. The molecule has 0 aromatic heterocycles. The third-order valence-electron chi connectivity index (χ3n) is 4.13. The zero-order valence-corrected chi connectivity index (χ0v) is 13.7. The van der Waals surface area contributed by atoms with Crippen molar-refractivity contribution in [3.8, 4) is 6.07 Å². The summed E-state index contributed by atoms with van der Waals surface area (Å²) in [7, 11) is 0. The summed E-state index contributed by atoms with van der Waals surface area (Å²) in [5, 5.41) is 8.76. The van der Waals surface area contributed by atoms with Gasteiger partial charge < -0.3 is 4.90 Å². The van der Waals surface area contributed by atoms with E-state index in [0.717, 1.165) is 25.1 Å². The molecule has 0 atom stereocenters. The molecule has 0 radical (unpaired) electrons. The number of carbonyl (C=O) groups excluding carboxylic acids is 2. The summed E-state index contributed by atoms with van der Waals surface area (Å²) < 4.78 is 0. The van der Waals surface area contributed by atoms with Crippen LogP contribution >= 0.6 is 0 Å². The maximum Gasteiger partial charge on any atom is 0.269 e. The van der Waals surface area contributed by atoms with E-state index in [-0.39, 0.29) is 12.5 Å². The number of para-hydroxylation sites is 1. The number of fused-ring (bicyclic) bond motifs is 1. The van der Waals surface area contributed by atoms with Gasteiger partial charge in [0, 0.05) is 17.8 Å². The first-order valence-corrected chi connectivity index (χ1v) is 8.09. The number of carbonyl (C=O) groups is 2. The van der Waals surface area contributed by atoms with Crippen molar-refractivity contribution >= 4 is 17.5 Å². The second-order valence-electron chi connectivity index (χ2n) is 5.85. The lowest BCUT2D eigenvalue weighted by molar-refractivity contribution is -0.120. The monoisotopic (exact) mass is 334 g/mol. The SMILES string of the molecule is N#Cc1ccc(C(=O)NNC(=O)CN2CCCc3ccccc32)cc1. The minimum atomic E-state index is -0.420. The highest BCUT2D eigenvalue weighted by molar-refractivity contribution is 5.95. The molecule has 0 aliphatic carbocycles. The van der Waals surface area contributed by atoms with Crippen molar-refractivity contribution in [2.24, 2.45) is 0 Å². The van der Waals surface area contributed by atoms with E-state index in [1.54, 1.807) is 24.3 Å². The largest absolute Gasteiger partial charge is 0.362 e. The zero-order chi connectivity index (χ0) is 17.6. The Balaban J connectivity index is 1.55. The first kappa shape index (κ1) is 16.5. The maximum atomic E-state index is 12.1. The van der Waals surface area contributed by atoms with Crippen LogP contribution in [-0.4, -0.2) is 24.9 Å². The third-order valence-corrected chi connectivity index (χ3v) is 4.13. The van der Waals surface area contributed by atoms with Crippen molar-refractivity contribution in [1.29, 1.82) is 5.26 Å². The molecule has 2 aromatic carbocycles. The van der Waals surface area contributed by atoms with Crippen molar-refractivity contribution < 1.29 is 9.59 Å². The van der Waals surface area contributed by atoms with E-state index in [2.05, 4.69) is 16.9 Å². The van der Waals surface area contributed by atoms with Crippen molar-refractivity contribution in [1.82, 2.24) is 10.9 Å². The molecule has 6 nitrogen and oxygen atoms in total. The van der Waals surface area contributed by atoms with E-state index < -0.39 is 5.91 Å². The van der Waals surface area contributed by atoms with Crippen LogP contribution in [0, 0.1) is 11.3 Å². The molecule has 0 bridgehead atoms. The lowest BCUT2D eigenvalue weighted by Crippen LogP contribution is -2.47. The van der Waals surface area contributed by atoms with Crippen LogP contribution in [0.25, 0.3) is 0 Å². The molecular formula is C19H18N4O2. The summed E-state index contributed by atoms with van der Waals surface area (Å²) in [4.78, 5) is 26.2. The molecule has 1 heterocycles. The molecule has 126 valence electrons. The van der Waals surface area contributed by atoms with Gasteiger partial charge in [-0.15, -0.1) is 0 Å². The minimum Gasteiger partial charge on any atom is -0.362 e. The first-order valence-electron chi connectivity index (χ1n) is 8.09. The fourth-order valence-corrected chi connectivity index (χ4v) is 2.88. The number of rotatable bonds is 3. The Morgan fingerprint density at radius 2 is 1.84 bits per heavy atom.